The normalized spacial score (nSPS) is 13.8. The third-order valence-electron chi connectivity index (χ3n) is 3.86. The first-order valence-corrected chi connectivity index (χ1v) is 10.1. The number of hydrogen-bond donors (Lipinski definition) is 0. The monoisotopic (exact) mass is 274 g/mol. The predicted molar refractivity (Wildman–Crippen MR) is 82.2 cm³/mol. The molecule has 2 nitrogen and oxygen atoms in total. The topological polar surface area (TPSA) is 18.5 Å². The highest BCUT2D eigenvalue weighted by molar-refractivity contribution is 6.67. The molecule has 0 N–H and O–H groups in total. The minimum atomic E-state index is -1.87. The van der Waals surface area contributed by atoms with E-state index in [1.165, 1.54) is 32.1 Å². The minimum Gasteiger partial charge on any atom is -0.394 e. The Bertz CT molecular complexity index is 181. The Morgan fingerprint density at radius 1 is 0.889 bits per heavy atom. The van der Waals surface area contributed by atoms with Crippen molar-refractivity contribution < 1.29 is 8.85 Å². The van der Waals surface area contributed by atoms with Crippen LogP contribution in [0.5, 0.6) is 0 Å². The summed E-state index contributed by atoms with van der Waals surface area (Å²) < 4.78 is 12.4. The molecule has 0 heterocycles. The van der Waals surface area contributed by atoms with Crippen LogP contribution < -0.4 is 0 Å². The Morgan fingerprint density at radius 3 is 2.00 bits per heavy atom. The van der Waals surface area contributed by atoms with Crippen LogP contribution in [0.25, 0.3) is 0 Å². The van der Waals surface area contributed by atoms with Crippen molar-refractivity contribution in [3.8, 4) is 0 Å². The van der Waals surface area contributed by atoms with Crippen LogP contribution in [0.15, 0.2) is 0 Å². The van der Waals surface area contributed by atoms with Gasteiger partial charge >= 0.3 is 8.56 Å². The molecule has 1 atom stereocenters. The van der Waals surface area contributed by atoms with Crippen molar-refractivity contribution >= 4 is 8.56 Å². The molecule has 0 bridgehead atoms. The molecule has 0 aromatic rings. The van der Waals surface area contributed by atoms with Gasteiger partial charge in [0.05, 0.1) is 0 Å². The molecule has 0 aromatic heterocycles. The van der Waals surface area contributed by atoms with Crippen LogP contribution >= 0.6 is 0 Å². The molecule has 1 unspecified atom stereocenters. The number of rotatable bonds is 12. The summed E-state index contributed by atoms with van der Waals surface area (Å²) in [7, 11) is -1.87. The molecule has 0 rings (SSSR count). The van der Waals surface area contributed by atoms with Gasteiger partial charge in [-0.05, 0) is 30.8 Å². The van der Waals surface area contributed by atoms with Gasteiger partial charge in [0.25, 0.3) is 0 Å². The lowest BCUT2D eigenvalue weighted by molar-refractivity contribution is 0.157. The summed E-state index contributed by atoms with van der Waals surface area (Å²) in [6, 6.07) is 2.16. The van der Waals surface area contributed by atoms with Gasteiger partial charge in [-0.1, -0.05) is 53.9 Å². The molecule has 0 aliphatic rings. The summed E-state index contributed by atoms with van der Waals surface area (Å²) in [6.07, 6.45) is 6.12. The van der Waals surface area contributed by atoms with Crippen LogP contribution in [-0.2, 0) is 8.85 Å². The van der Waals surface area contributed by atoms with Gasteiger partial charge in [-0.3, -0.25) is 0 Å². The number of hydrogen-bond acceptors (Lipinski definition) is 2. The molecule has 110 valence electrons. The third-order valence-corrected chi connectivity index (χ3v) is 7.48. The van der Waals surface area contributed by atoms with Gasteiger partial charge in [0.1, 0.15) is 0 Å². The first-order valence-electron chi connectivity index (χ1n) is 7.91. The first-order chi connectivity index (χ1) is 8.64. The quantitative estimate of drug-likeness (QED) is 0.363. The summed E-state index contributed by atoms with van der Waals surface area (Å²) in [6.45, 7) is 13.0. The molecule has 0 radical (unpaired) electrons. The maximum absolute atomic E-state index is 6.20. The van der Waals surface area contributed by atoms with Crippen LogP contribution in [0.1, 0.15) is 66.7 Å². The summed E-state index contributed by atoms with van der Waals surface area (Å²) in [5.74, 6) is 0.769. The van der Waals surface area contributed by atoms with Crippen LogP contribution in [0.2, 0.25) is 12.1 Å². The van der Waals surface area contributed by atoms with Gasteiger partial charge in [0, 0.05) is 13.2 Å². The van der Waals surface area contributed by atoms with E-state index in [0.717, 1.165) is 31.2 Å². The predicted octanol–water partition coefficient (Wildman–Crippen LogP) is 5.13. The maximum atomic E-state index is 6.20. The smallest absolute Gasteiger partial charge is 0.337 e. The van der Waals surface area contributed by atoms with E-state index in [1.54, 1.807) is 0 Å². The Kier molecular flexibility index (Phi) is 11.1. The summed E-state index contributed by atoms with van der Waals surface area (Å²) in [5.41, 5.74) is 0. The lowest BCUT2D eigenvalue weighted by Gasteiger charge is -2.29. The molecule has 0 spiro atoms. The lowest BCUT2D eigenvalue weighted by atomic mass is 10.1. The first kappa shape index (κ1) is 18.1. The molecule has 0 amide bonds. The standard InChI is InChI=1S/C15H34O2Si/c1-6-10-11-13-16-18(8-3,9-4)17-14-12-15(5)7-2/h15H,6-14H2,1-5H3. The van der Waals surface area contributed by atoms with Gasteiger partial charge in [-0.2, -0.15) is 0 Å². The molecule has 0 saturated carbocycles. The van der Waals surface area contributed by atoms with Crippen LogP contribution in [0.3, 0.4) is 0 Å². The van der Waals surface area contributed by atoms with E-state index in [9.17, 15) is 0 Å². The van der Waals surface area contributed by atoms with Gasteiger partial charge < -0.3 is 8.85 Å². The summed E-state index contributed by atoms with van der Waals surface area (Å²) >= 11 is 0. The highest BCUT2D eigenvalue weighted by Gasteiger charge is 2.33. The fraction of sp³-hybridized carbons (Fsp3) is 1.00. The second-order valence-corrected chi connectivity index (χ2v) is 9.14. The Morgan fingerprint density at radius 2 is 1.50 bits per heavy atom. The van der Waals surface area contributed by atoms with Crippen molar-refractivity contribution in [3.63, 3.8) is 0 Å². The van der Waals surface area contributed by atoms with E-state index < -0.39 is 8.56 Å². The number of unbranched alkanes of at least 4 members (excludes halogenated alkanes) is 2. The van der Waals surface area contributed by atoms with Crippen molar-refractivity contribution in [2.75, 3.05) is 13.2 Å². The van der Waals surface area contributed by atoms with Crippen molar-refractivity contribution in [1.29, 1.82) is 0 Å². The zero-order valence-corrected chi connectivity index (χ0v) is 14.3. The van der Waals surface area contributed by atoms with Crippen molar-refractivity contribution in [2.45, 2.75) is 78.8 Å². The van der Waals surface area contributed by atoms with Crippen molar-refractivity contribution in [3.05, 3.63) is 0 Å². The van der Waals surface area contributed by atoms with Crippen molar-refractivity contribution in [1.82, 2.24) is 0 Å². The molecule has 0 fully saturated rings. The second kappa shape index (κ2) is 11.0. The molecule has 18 heavy (non-hydrogen) atoms. The van der Waals surface area contributed by atoms with E-state index in [0.29, 0.717) is 0 Å². The van der Waals surface area contributed by atoms with E-state index >= 15 is 0 Å². The molecule has 0 aromatic carbocycles. The third kappa shape index (κ3) is 7.55. The van der Waals surface area contributed by atoms with E-state index in [4.69, 9.17) is 8.85 Å². The molecule has 0 aliphatic carbocycles. The Balaban J connectivity index is 4.00. The van der Waals surface area contributed by atoms with Crippen LogP contribution in [0.4, 0.5) is 0 Å². The zero-order chi connectivity index (χ0) is 13.9. The summed E-state index contributed by atoms with van der Waals surface area (Å²) in [5, 5.41) is 0. The van der Waals surface area contributed by atoms with E-state index in [-0.39, 0.29) is 0 Å². The Labute approximate surface area is 116 Å². The SMILES string of the molecule is CCCCCO[Si](CC)(CC)OCCC(C)CC. The van der Waals surface area contributed by atoms with Crippen LogP contribution in [-0.4, -0.2) is 21.8 Å². The molecular weight excluding hydrogens is 240 g/mol. The Hall–Kier alpha value is 0.137. The average Bonchev–Trinajstić information content (AvgIpc) is 2.41. The highest BCUT2D eigenvalue weighted by atomic mass is 28.4. The lowest BCUT2D eigenvalue weighted by Crippen LogP contribution is -2.41. The van der Waals surface area contributed by atoms with E-state index in [2.05, 4.69) is 34.6 Å². The van der Waals surface area contributed by atoms with Crippen LogP contribution in [0, 0.1) is 5.92 Å². The molecule has 0 aliphatic heterocycles. The van der Waals surface area contributed by atoms with Gasteiger partial charge in [0.2, 0.25) is 0 Å². The van der Waals surface area contributed by atoms with Crippen molar-refractivity contribution in [2.24, 2.45) is 5.92 Å². The van der Waals surface area contributed by atoms with E-state index in [1.807, 2.05) is 0 Å². The molecular formula is C15H34O2Si. The molecule has 0 saturated heterocycles. The van der Waals surface area contributed by atoms with Gasteiger partial charge in [-0.25, -0.2) is 0 Å². The van der Waals surface area contributed by atoms with Gasteiger partial charge in [0.15, 0.2) is 0 Å². The summed E-state index contributed by atoms with van der Waals surface area (Å²) in [4.78, 5) is 0. The highest BCUT2D eigenvalue weighted by Crippen LogP contribution is 2.20. The fourth-order valence-corrected chi connectivity index (χ4v) is 4.37. The second-order valence-electron chi connectivity index (χ2n) is 5.32. The molecule has 3 heteroatoms. The zero-order valence-electron chi connectivity index (χ0n) is 13.3. The minimum absolute atomic E-state index is 0.769. The maximum Gasteiger partial charge on any atom is 0.337 e. The average molecular weight is 275 g/mol. The fourth-order valence-electron chi connectivity index (χ4n) is 1.96. The van der Waals surface area contributed by atoms with Gasteiger partial charge in [-0.15, -0.1) is 0 Å². The largest absolute Gasteiger partial charge is 0.394 e.